The molecule has 0 N–H and O–H groups in total. The number of piperidine rings is 1. The van der Waals surface area contributed by atoms with E-state index in [1.165, 1.54) is 50.6 Å². The predicted molar refractivity (Wildman–Crippen MR) is 86.0 cm³/mol. The van der Waals surface area contributed by atoms with Crippen LogP contribution in [0.25, 0.3) is 0 Å². The zero-order valence-electron chi connectivity index (χ0n) is 12.0. The lowest BCUT2D eigenvalue weighted by molar-refractivity contribution is 0.144. The summed E-state index contributed by atoms with van der Waals surface area (Å²) in [7, 11) is 0. The Morgan fingerprint density at radius 3 is 2.40 bits per heavy atom. The molecule has 1 saturated carbocycles. The van der Waals surface area contributed by atoms with E-state index in [0.29, 0.717) is 5.41 Å². The summed E-state index contributed by atoms with van der Waals surface area (Å²) in [5.74, 6) is -0.135. The Bertz CT molecular complexity index is 458. The monoisotopic (exact) mass is 339 g/mol. The molecule has 0 unspecified atom stereocenters. The summed E-state index contributed by atoms with van der Waals surface area (Å²) in [6.45, 7) is 2.26. The molecule has 20 heavy (non-hydrogen) atoms. The number of hydrogen-bond acceptors (Lipinski definition) is 1. The quantitative estimate of drug-likeness (QED) is 0.663. The van der Waals surface area contributed by atoms with Crippen molar-refractivity contribution < 1.29 is 4.39 Å². The average molecular weight is 340 g/mol. The van der Waals surface area contributed by atoms with Gasteiger partial charge in [0.25, 0.3) is 0 Å². The molecule has 1 aliphatic heterocycles. The van der Waals surface area contributed by atoms with E-state index in [-0.39, 0.29) is 5.82 Å². The second-order valence-electron chi connectivity index (χ2n) is 6.45. The highest BCUT2D eigenvalue weighted by Crippen LogP contribution is 2.45. The van der Waals surface area contributed by atoms with Gasteiger partial charge in [-0.3, -0.25) is 0 Å². The van der Waals surface area contributed by atoms with E-state index >= 15 is 0 Å². The van der Waals surface area contributed by atoms with Crippen molar-refractivity contribution >= 4 is 21.6 Å². The molecule has 110 valence electrons. The summed E-state index contributed by atoms with van der Waals surface area (Å²) in [6, 6.07) is 5.20. The van der Waals surface area contributed by atoms with Crippen LogP contribution in [0.1, 0.15) is 50.5 Å². The summed E-state index contributed by atoms with van der Waals surface area (Å²) in [5, 5.41) is 0.724. The summed E-state index contributed by atoms with van der Waals surface area (Å²) in [4.78, 5) is 2.45. The van der Waals surface area contributed by atoms with Gasteiger partial charge in [-0.25, -0.2) is 4.39 Å². The number of hydrogen-bond donors (Lipinski definition) is 0. The number of alkyl halides is 1. The Labute approximate surface area is 129 Å². The fourth-order valence-electron chi connectivity index (χ4n) is 3.99. The van der Waals surface area contributed by atoms with Gasteiger partial charge in [0, 0.05) is 24.1 Å². The van der Waals surface area contributed by atoms with E-state index in [2.05, 4.69) is 20.8 Å². The van der Waals surface area contributed by atoms with Crippen LogP contribution in [0.5, 0.6) is 0 Å². The van der Waals surface area contributed by atoms with Crippen LogP contribution in [0.15, 0.2) is 18.2 Å². The first-order valence-electron chi connectivity index (χ1n) is 7.82. The first-order valence-corrected chi connectivity index (χ1v) is 8.94. The molecule has 1 heterocycles. The van der Waals surface area contributed by atoms with E-state index in [1.54, 1.807) is 12.1 Å². The predicted octanol–water partition coefficient (Wildman–Crippen LogP) is 5.27. The van der Waals surface area contributed by atoms with Gasteiger partial charge in [0.05, 0.1) is 0 Å². The highest BCUT2D eigenvalue weighted by atomic mass is 79.9. The van der Waals surface area contributed by atoms with E-state index in [1.807, 2.05) is 6.07 Å². The van der Waals surface area contributed by atoms with Gasteiger partial charge >= 0.3 is 0 Å². The Morgan fingerprint density at radius 2 is 1.75 bits per heavy atom. The van der Waals surface area contributed by atoms with Crippen LogP contribution in [-0.4, -0.2) is 13.1 Å². The van der Waals surface area contributed by atoms with Crippen molar-refractivity contribution in [1.82, 2.24) is 0 Å². The number of rotatable bonds is 2. The molecule has 0 atom stereocenters. The second-order valence-corrected chi connectivity index (χ2v) is 7.02. The topological polar surface area (TPSA) is 3.24 Å². The zero-order chi connectivity index (χ0) is 14.0. The molecule has 1 saturated heterocycles. The van der Waals surface area contributed by atoms with Crippen molar-refractivity contribution in [3.8, 4) is 0 Å². The van der Waals surface area contributed by atoms with Crippen molar-refractivity contribution in [3.05, 3.63) is 29.6 Å². The lowest BCUT2D eigenvalue weighted by Crippen LogP contribution is -2.41. The van der Waals surface area contributed by atoms with E-state index < -0.39 is 0 Å². The standard InChI is InChI=1S/C17H23BrFN/c18-13-14-12-15(19)4-5-16(14)20-10-8-17(9-11-20)6-2-1-3-7-17/h4-5,12H,1-3,6-11,13H2. The molecule has 2 fully saturated rings. The summed E-state index contributed by atoms with van der Waals surface area (Å²) in [6.07, 6.45) is 9.74. The van der Waals surface area contributed by atoms with Crippen molar-refractivity contribution in [3.63, 3.8) is 0 Å². The second kappa shape index (κ2) is 6.05. The summed E-state index contributed by atoms with van der Waals surface area (Å²) in [5.41, 5.74) is 2.92. The number of nitrogens with zero attached hydrogens (tertiary/aromatic N) is 1. The highest BCUT2D eigenvalue weighted by molar-refractivity contribution is 9.08. The first kappa shape index (κ1) is 14.4. The first-order chi connectivity index (χ1) is 9.72. The van der Waals surface area contributed by atoms with Crippen molar-refractivity contribution in [2.75, 3.05) is 18.0 Å². The maximum atomic E-state index is 13.3. The third kappa shape index (κ3) is 2.88. The summed E-state index contributed by atoms with van der Waals surface area (Å²) >= 11 is 3.49. The minimum absolute atomic E-state index is 0.135. The fourth-order valence-corrected chi connectivity index (χ4v) is 4.44. The van der Waals surface area contributed by atoms with Crippen LogP contribution in [0, 0.1) is 11.2 Å². The van der Waals surface area contributed by atoms with Gasteiger partial charge < -0.3 is 4.90 Å². The van der Waals surface area contributed by atoms with Gasteiger partial charge in [0.2, 0.25) is 0 Å². The lowest BCUT2D eigenvalue weighted by Gasteiger charge is -2.45. The molecule has 3 rings (SSSR count). The van der Waals surface area contributed by atoms with Crippen LogP contribution in [-0.2, 0) is 5.33 Å². The molecule has 0 aromatic heterocycles. The van der Waals surface area contributed by atoms with Gasteiger partial charge in [-0.15, -0.1) is 0 Å². The minimum atomic E-state index is -0.135. The van der Waals surface area contributed by atoms with Gasteiger partial charge in [0.1, 0.15) is 5.82 Å². The van der Waals surface area contributed by atoms with Gasteiger partial charge in [0.15, 0.2) is 0 Å². The minimum Gasteiger partial charge on any atom is -0.371 e. The molecule has 1 aromatic rings. The average Bonchev–Trinajstić information content (AvgIpc) is 2.49. The maximum absolute atomic E-state index is 13.3. The molecule has 3 heteroatoms. The fraction of sp³-hybridized carbons (Fsp3) is 0.647. The third-order valence-corrected chi connectivity index (χ3v) is 5.87. The smallest absolute Gasteiger partial charge is 0.123 e. The van der Waals surface area contributed by atoms with Crippen molar-refractivity contribution in [2.45, 2.75) is 50.3 Å². The molecular formula is C17H23BrFN. The van der Waals surface area contributed by atoms with Crippen LogP contribution in [0.4, 0.5) is 10.1 Å². The molecule has 1 nitrogen and oxygen atoms in total. The molecule has 2 aliphatic rings. The van der Waals surface area contributed by atoms with Crippen molar-refractivity contribution in [1.29, 1.82) is 0 Å². The number of benzene rings is 1. The Balaban J connectivity index is 1.71. The SMILES string of the molecule is Fc1ccc(N2CCC3(CCCCC3)CC2)c(CBr)c1. The largest absolute Gasteiger partial charge is 0.371 e. The Hall–Kier alpha value is -0.570. The molecule has 1 aliphatic carbocycles. The highest BCUT2D eigenvalue weighted by Gasteiger charge is 2.35. The van der Waals surface area contributed by atoms with Crippen LogP contribution < -0.4 is 4.90 Å². The van der Waals surface area contributed by atoms with E-state index in [4.69, 9.17) is 0 Å². The number of anilines is 1. The lowest BCUT2D eigenvalue weighted by atomic mass is 9.68. The summed E-state index contributed by atoms with van der Waals surface area (Å²) < 4.78 is 13.3. The maximum Gasteiger partial charge on any atom is 0.123 e. The molecule has 1 aromatic carbocycles. The van der Waals surface area contributed by atoms with E-state index in [9.17, 15) is 4.39 Å². The third-order valence-electron chi connectivity index (χ3n) is 5.26. The normalized spacial score (nSPS) is 22.2. The Morgan fingerprint density at radius 1 is 1.05 bits per heavy atom. The van der Waals surface area contributed by atoms with Crippen LogP contribution in [0.3, 0.4) is 0 Å². The van der Waals surface area contributed by atoms with Gasteiger partial charge in [-0.1, -0.05) is 35.2 Å². The van der Waals surface area contributed by atoms with E-state index in [0.717, 1.165) is 24.0 Å². The van der Waals surface area contributed by atoms with Crippen LogP contribution in [0.2, 0.25) is 0 Å². The Kier molecular flexibility index (Phi) is 4.34. The molecule has 0 radical (unpaired) electrons. The number of halogens is 2. The molecule has 1 spiro atoms. The van der Waals surface area contributed by atoms with Crippen molar-refractivity contribution in [2.24, 2.45) is 5.41 Å². The molecule has 0 amide bonds. The molecule has 0 bridgehead atoms. The van der Waals surface area contributed by atoms with Crippen LogP contribution >= 0.6 is 15.9 Å². The van der Waals surface area contributed by atoms with Gasteiger partial charge in [-0.05, 0) is 54.9 Å². The zero-order valence-corrected chi connectivity index (χ0v) is 13.6. The molecular weight excluding hydrogens is 317 g/mol. The van der Waals surface area contributed by atoms with Gasteiger partial charge in [-0.2, -0.15) is 0 Å².